The minimum atomic E-state index is -0.195. The molecule has 1 aromatic heterocycles. The molecular weight excluding hydrogens is 327 g/mol. The SMILES string of the molecule is CNC(C)c1c(F)cccc1Sc1ncccc1Br. The minimum Gasteiger partial charge on any atom is -0.313 e. The van der Waals surface area contributed by atoms with Crippen LogP contribution in [0.1, 0.15) is 18.5 Å². The largest absolute Gasteiger partial charge is 0.313 e. The highest BCUT2D eigenvalue weighted by atomic mass is 79.9. The lowest BCUT2D eigenvalue weighted by Gasteiger charge is -2.16. The number of halogens is 2. The fourth-order valence-electron chi connectivity index (χ4n) is 1.72. The topological polar surface area (TPSA) is 24.9 Å². The first-order chi connectivity index (χ1) is 9.13. The molecule has 5 heteroatoms. The molecule has 1 heterocycles. The molecule has 1 N–H and O–H groups in total. The highest BCUT2D eigenvalue weighted by Crippen LogP contribution is 2.36. The van der Waals surface area contributed by atoms with Gasteiger partial charge in [0, 0.05) is 22.7 Å². The third kappa shape index (κ3) is 3.35. The Labute approximate surface area is 125 Å². The Morgan fingerprint density at radius 1 is 1.32 bits per heavy atom. The third-order valence-electron chi connectivity index (χ3n) is 2.81. The zero-order valence-electron chi connectivity index (χ0n) is 10.7. The molecule has 0 saturated heterocycles. The van der Waals surface area contributed by atoms with Crippen molar-refractivity contribution in [3.63, 3.8) is 0 Å². The fraction of sp³-hybridized carbons (Fsp3) is 0.214. The van der Waals surface area contributed by atoms with Crippen molar-refractivity contribution in [1.82, 2.24) is 10.3 Å². The van der Waals surface area contributed by atoms with Crippen molar-refractivity contribution in [3.8, 4) is 0 Å². The van der Waals surface area contributed by atoms with Gasteiger partial charge >= 0.3 is 0 Å². The normalized spacial score (nSPS) is 12.4. The molecule has 0 aliphatic rings. The molecule has 100 valence electrons. The number of nitrogens with zero attached hydrogens (tertiary/aromatic N) is 1. The Bertz CT molecular complexity index is 577. The Balaban J connectivity index is 2.40. The van der Waals surface area contributed by atoms with Gasteiger partial charge < -0.3 is 5.32 Å². The van der Waals surface area contributed by atoms with Gasteiger partial charge in [-0.2, -0.15) is 0 Å². The first kappa shape index (κ1) is 14.5. The summed E-state index contributed by atoms with van der Waals surface area (Å²) in [4.78, 5) is 5.18. The van der Waals surface area contributed by atoms with Crippen LogP contribution in [-0.2, 0) is 0 Å². The summed E-state index contributed by atoms with van der Waals surface area (Å²) in [5.41, 5.74) is 0.674. The van der Waals surface area contributed by atoms with E-state index in [1.54, 1.807) is 12.3 Å². The molecule has 0 saturated carbocycles. The van der Waals surface area contributed by atoms with E-state index in [0.29, 0.717) is 5.56 Å². The minimum absolute atomic E-state index is 0.0498. The van der Waals surface area contributed by atoms with Gasteiger partial charge in [0.2, 0.25) is 0 Å². The number of benzene rings is 1. The molecule has 0 aliphatic carbocycles. The van der Waals surface area contributed by atoms with E-state index in [9.17, 15) is 4.39 Å². The van der Waals surface area contributed by atoms with Gasteiger partial charge in [-0.25, -0.2) is 9.37 Å². The van der Waals surface area contributed by atoms with Crippen molar-refractivity contribution >= 4 is 27.7 Å². The fourth-order valence-corrected chi connectivity index (χ4v) is 3.24. The van der Waals surface area contributed by atoms with Crippen LogP contribution in [0.4, 0.5) is 4.39 Å². The molecule has 19 heavy (non-hydrogen) atoms. The zero-order valence-corrected chi connectivity index (χ0v) is 13.1. The van der Waals surface area contributed by atoms with Crippen LogP contribution in [0.25, 0.3) is 0 Å². The summed E-state index contributed by atoms with van der Waals surface area (Å²) in [6, 6.07) is 8.86. The van der Waals surface area contributed by atoms with E-state index in [-0.39, 0.29) is 11.9 Å². The third-order valence-corrected chi connectivity index (χ3v) is 4.81. The van der Waals surface area contributed by atoms with E-state index in [4.69, 9.17) is 0 Å². The van der Waals surface area contributed by atoms with Gasteiger partial charge in [-0.05, 0) is 54.2 Å². The monoisotopic (exact) mass is 340 g/mol. The molecular formula is C14H14BrFN2S. The molecule has 0 fully saturated rings. The molecule has 2 rings (SSSR count). The quantitative estimate of drug-likeness (QED) is 0.891. The van der Waals surface area contributed by atoms with Crippen molar-refractivity contribution in [3.05, 3.63) is 52.4 Å². The summed E-state index contributed by atoms with van der Waals surface area (Å²) in [7, 11) is 1.82. The molecule has 0 bridgehead atoms. The Morgan fingerprint density at radius 3 is 2.79 bits per heavy atom. The maximum atomic E-state index is 14.0. The second-order valence-electron chi connectivity index (χ2n) is 4.05. The number of aromatic nitrogens is 1. The molecule has 0 spiro atoms. The first-order valence-corrected chi connectivity index (χ1v) is 7.48. The predicted molar refractivity (Wildman–Crippen MR) is 79.9 cm³/mol. The van der Waals surface area contributed by atoms with Gasteiger partial charge in [0.1, 0.15) is 10.8 Å². The second-order valence-corrected chi connectivity index (χ2v) is 5.94. The molecule has 1 atom stereocenters. The lowest BCUT2D eigenvalue weighted by Crippen LogP contribution is -2.15. The van der Waals surface area contributed by atoms with Gasteiger partial charge in [-0.1, -0.05) is 17.8 Å². The zero-order chi connectivity index (χ0) is 13.8. The van der Waals surface area contributed by atoms with Gasteiger partial charge in [-0.15, -0.1) is 0 Å². The highest BCUT2D eigenvalue weighted by molar-refractivity contribution is 9.10. The van der Waals surface area contributed by atoms with E-state index < -0.39 is 0 Å². The maximum absolute atomic E-state index is 14.0. The van der Waals surface area contributed by atoms with Gasteiger partial charge in [0.15, 0.2) is 0 Å². The van der Waals surface area contributed by atoms with Crippen molar-refractivity contribution in [2.45, 2.75) is 22.9 Å². The average molecular weight is 341 g/mol. The van der Waals surface area contributed by atoms with Crippen LogP contribution in [0, 0.1) is 5.82 Å². The lowest BCUT2D eigenvalue weighted by molar-refractivity contribution is 0.552. The maximum Gasteiger partial charge on any atom is 0.129 e. The second kappa shape index (κ2) is 6.50. The van der Waals surface area contributed by atoms with E-state index in [1.807, 2.05) is 32.2 Å². The van der Waals surface area contributed by atoms with E-state index >= 15 is 0 Å². The van der Waals surface area contributed by atoms with E-state index in [1.165, 1.54) is 17.8 Å². The standard InChI is InChI=1S/C14H14BrFN2S/c1-9(17-2)13-11(16)6-3-7-12(13)19-14-10(15)5-4-8-18-14/h3-9,17H,1-2H3. The Kier molecular flexibility index (Phi) is 4.96. The molecule has 1 unspecified atom stereocenters. The van der Waals surface area contributed by atoms with Crippen LogP contribution >= 0.6 is 27.7 Å². The number of rotatable bonds is 4. The highest BCUT2D eigenvalue weighted by Gasteiger charge is 2.16. The van der Waals surface area contributed by atoms with Crippen LogP contribution in [0.3, 0.4) is 0 Å². The Hall–Kier alpha value is -0.910. The molecule has 1 aromatic carbocycles. The average Bonchev–Trinajstić information content (AvgIpc) is 2.41. The lowest BCUT2D eigenvalue weighted by atomic mass is 10.1. The smallest absolute Gasteiger partial charge is 0.129 e. The van der Waals surface area contributed by atoms with Crippen LogP contribution in [0.5, 0.6) is 0 Å². The van der Waals surface area contributed by atoms with Gasteiger partial charge in [0.25, 0.3) is 0 Å². The molecule has 2 nitrogen and oxygen atoms in total. The summed E-state index contributed by atoms with van der Waals surface area (Å²) in [6.45, 7) is 1.94. The van der Waals surface area contributed by atoms with Crippen LogP contribution in [0.15, 0.2) is 50.9 Å². The van der Waals surface area contributed by atoms with Crippen molar-refractivity contribution in [2.75, 3.05) is 7.05 Å². The number of hydrogen-bond donors (Lipinski definition) is 1. The van der Waals surface area contributed by atoms with Crippen LogP contribution < -0.4 is 5.32 Å². The van der Waals surface area contributed by atoms with Gasteiger partial charge in [0.05, 0.1) is 4.47 Å². The predicted octanol–water partition coefficient (Wildman–Crippen LogP) is 4.41. The Morgan fingerprint density at radius 2 is 2.11 bits per heavy atom. The summed E-state index contributed by atoms with van der Waals surface area (Å²) in [5.74, 6) is -0.195. The summed E-state index contributed by atoms with van der Waals surface area (Å²) >= 11 is 4.92. The van der Waals surface area contributed by atoms with Gasteiger partial charge in [-0.3, -0.25) is 0 Å². The van der Waals surface area contributed by atoms with E-state index in [2.05, 4.69) is 26.2 Å². The van der Waals surface area contributed by atoms with Crippen molar-refractivity contribution in [2.24, 2.45) is 0 Å². The first-order valence-electron chi connectivity index (χ1n) is 5.87. The van der Waals surface area contributed by atoms with Crippen LogP contribution in [0.2, 0.25) is 0 Å². The summed E-state index contributed by atoms with van der Waals surface area (Å²) in [6.07, 6.45) is 1.73. The summed E-state index contributed by atoms with van der Waals surface area (Å²) in [5, 5.41) is 3.91. The number of pyridine rings is 1. The molecule has 0 aliphatic heterocycles. The van der Waals surface area contributed by atoms with Crippen molar-refractivity contribution in [1.29, 1.82) is 0 Å². The number of nitrogens with one attached hydrogen (secondary N) is 1. The number of hydrogen-bond acceptors (Lipinski definition) is 3. The molecule has 0 amide bonds. The molecule has 0 radical (unpaired) electrons. The summed E-state index contributed by atoms with van der Waals surface area (Å²) < 4.78 is 14.9. The van der Waals surface area contributed by atoms with Crippen LogP contribution in [-0.4, -0.2) is 12.0 Å². The molecule has 2 aromatic rings. The van der Waals surface area contributed by atoms with Crippen molar-refractivity contribution < 1.29 is 4.39 Å². The van der Waals surface area contributed by atoms with E-state index in [0.717, 1.165) is 14.4 Å².